The number of sulfone groups is 1. The van der Waals surface area contributed by atoms with Crippen molar-refractivity contribution in [2.75, 3.05) is 57.0 Å². The lowest BCUT2D eigenvalue weighted by atomic mass is 10.3. The zero-order valence-corrected chi connectivity index (χ0v) is 13.5. The average Bonchev–Trinajstić information content (AvgIpc) is 2.67. The van der Waals surface area contributed by atoms with E-state index in [1.54, 1.807) is 11.8 Å². The Hall–Kier alpha value is -0.310. The van der Waals surface area contributed by atoms with Gasteiger partial charge in [0, 0.05) is 43.9 Å². The van der Waals surface area contributed by atoms with Crippen LogP contribution in [-0.4, -0.2) is 86.5 Å². The van der Waals surface area contributed by atoms with Crippen molar-refractivity contribution in [1.29, 1.82) is 0 Å². The van der Waals surface area contributed by atoms with Crippen molar-refractivity contribution in [3.63, 3.8) is 0 Å². The largest absolute Gasteiger partial charge is 0.340 e. The summed E-state index contributed by atoms with van der Waals surface area (Å²) in [5.41, 5.74) is 0. The predicted molar refractivity (Wildman–Crippen MR) is 81.6 cm³/mol. The molecule has 116 valence electrons. The molecule has 0 aromatic carbocycles. The Bertz CT molecular complexity index is 433. The number of hydrogen-bond donors (Lipinski definition) is 1. The normalized spacial score (nSPS) is 26.2. The van der Waals surface area contributed by atoms with E-state index in [0.717, 1.165) is 31.8 Å². The molecule has 2 fully saturated rings. The van der Waals surface area contributed by atoms with Crippen molar-refractivity contribution in [3.8, 4) is 0 Å². The molecule has 0 aliphatic carbocycles. The molecule has 8 heteroatoms. The van der Waals surface area contributed by atoms with Crippen molar-refractivity contribution in [2.24, 2.45) is 0 Å². The van der Waals surface area contributed by atoms with Crippen molar-refractivity contribution in [1.82, 2.24) is 15.1 Å². The Balaban J connectivity index is 1.97. The molecule has 2 aliphatic rings. The summed E-state index contributed by atoms with van der Waals surface area (Å²) in [7, 11) is -3.14. The van der Waals surface area contributed by atoms with Crippen molar-refractivity contribution >= 4 is 27.5 Å². The molecule has 0 radical (unpaired) electrons. The Morgan fingerprint density at radius 3 is 2.85 bits per heavy atom. The third-order valence-electron chi connectivity index (χ3n) is 3.72. The second-order valence-electron chi connectivity index (χ2n) is 5.31. The van der Waals surface area contributed by atoms with Crippen molar-refractivity contribution in [3.05, 3.63) is 0 Å². The van der Waals surface area contributed by atoms with Gasteiger partial charge in [-0.25, -0.2) is 8.42 Å². The molecule has 2 saturated heterocycles. The highest BCUT2D eigenvalue weighted by Crippen LogP contribution is 2.20. The highest BCUT2D eigenvalue weighted by atomic mass is 32.2. The van der Waals surface area contributed by atoms with Crippen molar-refractivity contribution < 1.29 is 13.2 Å². The molecule has 1 amide bonds. The average molecular weight is 321 g/mol. The van der Waals surface area contributed by atoms with Crippen LogP contribution in [-0.2, 0) is 14.6 Å². The molecule has 2 rings (SSSR count). The molecule has 20 heavy (non-hydrogen) atoms. The summed E-state index contributed by atoms with van der Waals surface area (Å²) in [6.07, 6.45) is 2.22. The van der Waals surface area contributed by atoms with E-state index in [1.807, 2.05) is 9.80 Å². The van der Waals surface area contributed by atoms with E-state index in [9.17, 15) is 13.2 Å². The lowest BCUT2D eigenvalue weighted by Crippen LogP contribution is -2.51. The van der Waals surface area contributed by atoms with E-state index < -0.39 is 15.2 Å². The number of amides is 1. The number of carbonyl (C=O) groups excluding carboxylic acids is 1. The van der Waals surface area contributed by atoms with E-state index in [-0.39, 0.29) is 12.5 Å². The maximum absolute atomic E-state index is 12.3. The summed E-state index contributed by atoms with van der Waals surface area (Å²) in [5, 5.41) is 2.74. The quantitative estimate of drug-likeness (QED) is 0.736. The Kier molecular flexibility index (Phi) is 5.71. The minimum atomic E-state index is -3.14. The predicted octanol–water partition coefficient (Wildman–Crippen LogP) is -0.772. The van der Waals surface area contributed by atoms with E-state index in [4.69, 9.17) is 0 Å². The maximum Gasteiger partial charge on any atom is 0.236 e. The van der Waals surface area contributed by atoms with E-state index >= 15 is 0 Å². The molecule has 2 heterocycles. The van der Waals surface area contributed by atoms with Gasteiger partial charge in [0.15, 0.2) is 9.84 Å². The third kappa shape index (κ3) is 4.34. The number of rotatable bonds is 3. The fourth-order valence-electron chi connectivity index (χ4n) is 2.56. The number of thioether (sulfide) groups is 1. The molecule has 0 saturated carbocycles. The molecular formula is C12H23N3O3S2. The van der Waals surface area contributed by atoms with E-state index in [2.05, 4.69) is 5.32 Å². The molecule has 0 aromatic heterocycles. The monoisotopic (exact) mass is 321 g/mol. The van der Waals surface area contributed by atoms with Crippen LogP contribution in [0.2, 0.25) is 0 Å². The molecular weight excluding hydrogens is 298 g/mol. The minimum absolute atomic E-state index is 0.0502. The van der Waals surface area contributed by atoms with E-state index in [1.165, 1.54) is 6.26 Å². The Morgan fingerprint density at radius 2 is 2.10 bits per heavy atom. The lowest BCUT2D eigenvalue weighted by molar-refractivity contribution is -0.132. The van der Waals surface area contributed by atoms with Crippen LogP contribution in [0.3, 0.4) is 0 Å². The van der Waals surface area contributed by atoms with Gasteiger partial charge >= 0.3 is 0 Å². The first-order valence-electron chi connectivity index (χ1n) is 6.97. The highest BCUT2D eigenvalue weighted by molar-refractivity contribution is 8.00. The van der Waals surface area contributed by atoms with Gasteiger partial charge in [0.25, 0.3) is 0 Å². The lowest BCUT2D eigenvalue weighted by Gasteiger charge is -2.34. The standard InChI is InChI=1S/C12H23N3O3S2/c1-20(17,18)12-10-19-8-7-15(12)9-11(16)14-5-2-3-13-4-6-14/h12-13H,2-10H2,1H3. The number of hydrogen-bond acceptors (Lipinski definition) is 6. The maximum atomic E-state index is 12.3. The van der Waals surface area contributed by atoms with Gasteiger partial charge in [0.2, 0.25) is 5.91 Å². The summed E-state index contributed by atoms with van der Waals surface area (Å²) in [6, 6.07) is 0. The third-order valence-corrected chi connectivity index (χ3v) is 6.40. The molecule has 1 unspecified atom stereocenters. The zero-order chi connectivity index (χ0) is 14.6. The number of carbonyl (C=O) groups is 1. The SMILES string of the molecule is CS(=O)(=O)C1CSCCN1CC(=O)N1CCCNCC1. The van der Waals surface area contributed by atoms with Gasteiger partial charge in [-0.05, 0) is 13.0 Å². The second-order valence-corrected chi connectivity index (χ2v) is 8.67. The molecule has 2 aliphatic heterocycles. The molecule has 0 bridgehead atoms. The van der Waals surface area contributed by atoms with Gasteiger partial charge in [-0.1, -0.05) is 0 Å². The van der Waals surface area contributed by atoms with Crippen LogP contribution in [0.15, 0.2) is 0 Å². The van der Waals surface area contributed by atoms with Gasteiger partial charge in [-0.3, -0.25) is 9.69 Å². The molecule has 1 N–H and O–H groups in total. The number of nitrogens with zero attached hydrogens (tertiary/aromatic N) is 2. The molecule has 6 nitrogen and oxygen atoms in total. The fraction of sp³-hybridized carbons (Fsp3) is 0.917. The Morgan fingerprint density at radius 1 is 1.30 bits per heavy atom. The first kappa shape index (κ1) is 16.1. The van der Waals surface area contributed by atoms with Crippen LogP contribution in [0.4, 0.5) is 0 Å². The van der Waals surface area contributed by atoms with Gasteiger partial charge in [-0.15, -0.1) is 0 Å². The fourth-order valence-corrected chi connectivity index (χ4v) is 5.50. The van der Waals surface area contributed by atoms with Gasteiger partial charge < -0.3 is 10.2 Å². The van der Waals surface area contributed by atoms with Crippen LogP contribution >= 0.6 is 11.8 Å². The minimum Gasteiger partial charge on any atom is -0.340 e. The summed E-state index contributed by atoms with van der Waals surface area (Å²) in [6.45, 7) is 4.12. The van der Waals surface area contributed by atoms with Crippen LogP contribution < -0.4 is 5.32 Å². The van der Waals surface area contributed by atoms with Crippen molar-refractivity contribution in [2.45, 2.75) is 11.8 Å². The van der Waals surface area contributed by atoms with Crippen LogP contribution in [0.1, 0.15) is 6.42 Å². The first-order valence-corrected chi connectivity index (χ1v) is 10.1. The smallest absolute Gasteiger partial charge is 0.236 e. The summed E-state index contributed by atoms with van der Waals surface area (Å²) < 4.78 is 23.6. The van der Waals surface area contributed by atoms with Crippen LogP contribution in [0.25, 0.3) is 0 Å². The van der Waals surface area contributed by atoms with Gasteiger partial charge in [-0.2, -0.15) is 11.8 Å². The van der Waals surface area contributed by atoms with E-state index in [0.29, 0.717) is 18.8 Å². The molecule has 1 atom stereocenters. The topological polar surface area (TPSA) is 69.7 Å². The second kappa shape index (κ2) is 7.11. The molecule has 0 spiro atoms. The summed E-state index contributed by atoms with van der Waals surface area (Å²) >= 11 is 1.64. The van der Waals surface area contributed by atoms with Gasteiger partial charge in [0.1, 0.15) is 5.37 Å². The van der Waals surface area contributed by atoms with Gasteiger partial charge in [0.05, 0.1) is 6.54 Å². The Labute approximate surface area is 125 Å². The first-order chi connectivity index (χ1) is 9.48. The summed E-state index contributed by atoms with van der Waals surface area (Å²) in [5.74, 6) is 1.50. The summed E-state index contributed by atoms with van der Waals surface area (Å²) in [4.78, 5) is 16.0. The number of nitrogens with one attached hydrogen (secondary N) is 1. The zero-order valence-electron chi connectivity index (χ0n) is 11.9. The molecule has 0 aromatic rings. The van der Waals surface area contributed by atoms with Crippen LogP contribution in [0, 0.1) is 0 Å². The highest BCUT2D eigenvalue weighted by Gasteiger charge is 2.33. The van der Waals surface area contributed by atoms with Crippen LogP contribution in [0.5, 0.6) is 0 Å².